The Morgan fingerprint density at radius 2 is 2.03 bits per heavy atom. The lowest BCUT2D eigenvalue weighted by atomic mass is 10.0. The maximum atomic E-state index is 13.4. The number of para-hydroxylation sites is 1. The van der Waals surface area contributed by atoms with E-state index in [1.807, 2.05) is 61.7 Å². The number of anilines is 1. The Kier molecular flexibility index (Phi) is 6.41. The highest BCUT2D eigenvalue weighted by Gasteiger charge is 2.44. The van der Waals surface area contributed by atoms with Crippen LogP contribution >= 0.6 is 11.8 Å². The molecule has 32 heavy (non-hydrogen) atoms. The summed E-state index contributed by atoms with van der Waals surface area (Å²) in [6, 6.07) is 14.9. The molecule has 3 aromatic rings. The van der Waals surface area contributed by atoms with E-state index >= 15 is 0 Å². The summed E-state index contributed by atoms with van der Waals surface area (Å²) in [7, 11) is 0. The zero-order valence-corrected chi connectivity index (χ0v) is 18.8. The summed E-state index contributed by atoms with van der Waals surface area (Å²) in [4.78, 5) is 19.2. The average molecular weight is 449 g/mol. The van der Waals surface area contributed by atoms with Gasteiger partial charge in [-0.2, -0.15) is 0 Å². The lowest BCUT2D eigenvalue weighted by Crippen LogP contribution is -2.59. The van der Waals surface area contributed by atoms with Crippen molar-refractivity contribution in [2.24, 2.45) is 0 Å². The van der Waals surface area contributed by atoms with E-state index in [0.29, 0.717) is 47.3 Å². The first-order valence-electron chi connectivity index (χ1n) is 10.4. The Hall–Kier alpha value is -3.39. The summed E-state index contributed by atoms with van der Waals surface area (Å²) >= 11 is 1.29. The lowest BCUT2D eigenvalue weighted by Gasteiger charge is -2.33. The third-order valence-electron chi connectivity index (χ3n) is 5.18. The molecule has 1 aromatic heterocycles. The molecule has 8 heteroatoms. The number of thioether (sulfide) groups is 1. The Labute approximate surface area is 191 Å². The highest BCUT2D eigenvalue weighted by atomic mass is 32.2. The molecule has 164 valence electrons. The molecule has 4 rings (SSSR count). The molecular formula is C24H24N4O3S. The molecule has 7 nitrogen and oxygen atoms in total. The molecule has 0 fully saturated rings. The lowest BCUT2D eigenvalue weighted by molar-refractivity contribution is -0.764. The molecule has 1 aliphatic rings. The molecule has 2 aromatic carbocycles. The number of ether oxygens (including phenoxy) is 1. The van der Waals surface area contributed by atoms with E-state index in [1.165, 1.54) is 11.8 Å². The fraction of sp³-hybridized carbons (Fsp3) is 0.250. The first-order valence-corrected chi connectivity index (χ1v) is 11.6. The highest BCUT2D eigenvalue weighted by Crippen LogP contribution is 2.41. The molecule has 0 N–H and O–H groups in total. The van der Waals surface area contributed by atoms with Crippen LogP contribution in [-0.4, -0.2) is 28.9 Å². The minimum Gasteiger partial charge on any atom is -0.854 e. The van der Waals surface area contributed by atoms with E-state index in [4.69, 9.17) is 4.74 Å². The van der Waals surface area contributed by atoms with E-state index in [9.17, 15) is 9.90 Å². The number of nitrogens with zero attached hydrogens (tertiary/aromatic N) is 4. The standard InChI is InChI=1S/C24H24N4O3S/c1-4-8-20(29)27-19-10-7-6-9-18(19)21-22(30)25-24(32-3)26-28(21)23(27)16-11-13-17(14-12-16)31-15-5-2/h5-7,9-14,23H,2,4,8,15H2,1,3H3. The van der Waals surface area contributed by atoms with Crippen LogP contribution in [0.1, 0.15) is 31.5 Å². The van der Waals surface area contributed by atoms with Crippen molar-refractivity contribution in [1.82, 2.24) is 10.1 Å². The number of fused-ring (bicyclic) bond motifs is 3. The van der Waals surface area contributed by atoms with Gasteiger partial charge in [-0.25, -0.2) is 9.88 Å². The topological polar surface area (TPSA) is 82.3 Å². The van der Waals surface area contributed by atoms with E-state index in [1.54, 1.807) is 15.7 Å². The van der Waals surface area contributed by atoms with Crippen molar-refractivity contribution in [2.75, 3.05) is 17.8 Å². The first kappa shape index (κ1) is 21.8. The summed E-state index contributed by atoms with van der Waals surface area (Å²) in [5.74, 6) is 0.292. The van der Waals surface area contributed by atoms with Crippen LogP contribution in [0.3, 0.4) is 0 Å². The smallest absolute Gasteiger partial charge is 0.293 e. The number of benzene rings is 2. The van der Waals surface area contributed by atoms with E-state index in [2.05, 4.69) is 16.7 Å². The first-order chi connectivity index (χ1) is 15.6. The quantitative estimate of drug-likeness (QED) is 0.313. The molecule has 0 spiro atoms. The highest BCUT2D eigenvalue weighted by molar-refractivity contribution is 7.98. The van der Waals surface area contributed by atoms with Gasteiger partial charge in [0.05, 0.1) is 17.1 Å². The molecule has 1 unspecified atom stereocenters. The van der Waals surface area contributed by atoms with Gasteiger partial charge in [-0.3, -0.25) is 4.79 Å². The van der Waals surface area contributed by atoms with Gasteiger partial charge >= 0.3 is 0 Å². The third-order valence-corrected chi connectivity index (χ3v) is 5.72. The Morgan fingerprint density at radius 1 is 1.28 bits per heavy atom. The molecule has 0 saturated heterocycles. The van der Waals surface area contributed by atoms with Gasteiger partial charge in [0.2, 0.25) is 5.91 Å². The molecule has 1 atom stereocenters. The van der Waals surface area contributed by atoms with E-state index in [0.717, 1.165) is 5.56 Å². The fourth-order valence-electron chi connectivity index (χ4n) is 3.82. The number of hydrogen-bond donors (Lipinski definition) is 0. The Balaban J connectivity index is 1.94. The van der Waals surface area contributed by atoms with Gasteiger partial charge in [-0.1, -0.05) is 48.2 Å². The minimum absolute atomic E-state index is 0.0353. The predicted octanol–water partition coefficient (Wildman–Crippen LogP) is 3.49. The second-order valence-electron chi connectivity index (χ2n) is 7.27. The van der Waals surface area contributed by atoms with Gasteiger partial charge < -0.3 is 9.84 Å². The summed E-state index contributed by atoms with van der Waals surface area (Å²) < 4.78 is 7.24. The van der Waals surface area contributed by atoms with Crippen molar-refractivity contribution in [3.63, 3.8) is 0 Å². The number of amides is 1. The molecule has 2 heterocycles. The number of carbonyl (C=O) groups excluding carboxylic acids is 1. The van der Waals surface area contributed by atoms with E-state index < -0.39 is 6.17 Å². The molecule has 0 aliphatic carbocycles. The van der Waals surface area contributed by atoms with Crippen molar-refractivity contribution in [1.29, 1.82) is 0 Å². The fourth-order valence-corrected chi connectivity index (χ4v) is 4.16. The van der Waals surface area contributed by atoms with Crippen LogP contribution in [-0.2, 0) is 4.79 Å². The molecule has 1 amide bonds. The number of carbonyl (C=O) groups is 1. The van der Waals surface area contributed by atoms with Gasteiger partial charge in [0.15, 0.2) is 0 Å². The largest absolute Gasteiger partial charge is 0.854 e. The zero-order valence-electron chi connectivity index (χ0n) is 18.0. The zero-order chi connectivity index (χ0) is 22.7. The monoisotopic (exact) mass is 448 g/mol. The molecule has 1 aliphatic heterocycles. The van der Waals surface area contributed by atoms with Crippen molar-refractivity contribution in [3.8, 4) is 22.9 Å². The second kappa shape index (κ2) is 9.40. The maximum Gasteiger partial charge on any atom is 0.293 e. The van der Waals surface area contributed by atoms with Crippen LogP contribution in [0, 0.1) is 0 Å². The molecule has 0 radical (unpaired) electrons. The van der Waals surface area contributed by atoms with Crippen LogP contribution in [0.25, 0.3) is 11.3 Å². The predicted molar refractivity (Wildman–Crippen MR) is 122 cm³/mol. The van der Waals surface area contributed by atoms with E-state index in [-0.39, 0.29) is 11.8 Å². The van der Waals surface area contributed by atoms with Crippen LogP contribution < -0.4 is 19.4 Å². The number of aromatic nitrogens is 3. The van der Waals surface area contributed by atoms with Crippen molar-refractivity contribution in [2.45, 2.75) is 31.1 Å². The Bertz CT molecular complexity index is 1150. The van der Waals surface area contributed by atoms with Crippen molar-refractivity contribution < 1.29 is 19.3 Å². The van der Waals surface area contributed by atoms with Gasteiger partial charge in [0.25, 0.3) is 17.0 Å². The van der Waals surface area contributed by atoms with Gasteiger partial charge in [-0.05, 0) is 49.1 Å². The minimum atomic E-state index is -0.617. The molecular weight excluding hydrogens is 424 g/mol. The van der Waals surface area contributed by atoms with Crippen molar-refractivity contribution in [3.05, 3.63) is 66.7 Å². The number of rotatable bonds is 7. The molecule has 0 bridgehead atoms. The summed E-state index contributed by atoms with van der Waals surface area (Å²) in [6.45, 7) is 6.04. The summed E-state index contributed by atoms with van der Waals surface area (Å²) in [5, 5.41) is 18.0. The SMILES string of the molecule is C=CCOc1ccc(C2N(C(=O)CCC)c3ccccc3-c3c([O-])nc(SC)n[n+]32)cc1. The third kappa shape index (κ3) is 3.93. The van der Waals surface area contributed by atoms with Gasteiger partial charge in [-0.15, -0.1) is 0 Å². The molecule has 0 saturated carbocycles. The van der Waals surface area contributed by atoms with Gasteiger partial charge in [0, 0.05) is 17.1 Å². The van der Waals surface area contributed by atoms with Crippen LogP contribution in [0.2, 0.25) is 0 Å². The van der Waals surface area contributed by atoms with Crippen LogP contribution in [0.5, 0.6) is 11.6 Å². The van der Waals surface area contributed by atoms with Crippen LogP contribution in [0.15, 0.2) is 66.3 Å². The average Bonchev–Trinajstić information content (AvgIpc) is 2.82. The summed E-state index contributed by atoms with van der Waals surface area (Å²) in [6.07, 6.45) is 3.97. The normalized spacial score (nSPS) is 14.4. The number of hydrogen-bond acceptors (Lipinski definition) is 6. The van der Waals surface area contributed by atoms with Gasteiger partial charge in [0.1, 0.15) is 12.4 Å². The van der Waals surface area contributed by atoms with Crippen molar-refractivity contribution >= 4 is 23.4 Å². The Morgan fingerprint density at radius 3 is 2.72 bits per heavy atom. The maximum absolute atomic E-state index is 13.4. The second-order valence-corrected chi connectivity index (χ2v) is 8.04. The summed E-state index contributed by atoms with van der Waals surface area (Å²) in [5.41, 5.74) is 2.51. The van der Waals surface area contributed by atoms with Crippen LogP contribution in [0.4, 0.5) is 5.69 Å².